The fourth-order valence-electron chi connectivity index (χ4n) is 1.76. The van der Waals surface area contributed by atoms with E-state index >= 15 is 0 Å². The van der Waals surface area contributed by atoms with Gasteiger partial charge in [-0.3, -0.25) is 4.99 Å². The molecular formula is C14H21ClIN3. The van der Waals surface area contributed by atoms with E-state index in [-0.39, 0.29) is 24.0 Å². The van der Waals surface area contributed by atoms with Crippen LogP contribution in [-0.2, 0) is 6.42 Å². The van der Waals surface area contributed by atoms with Gasteiger partial charge in [-0.05, 0) is 42.9 Å². The molecule has 0 spiro atoms. The van der Waals surface area contributed by atoms with E-state index in [0.29, 0.717) is 0 Å². The second-order valence-electron chi connectivity index (χ2n) is 4.70. The van der Waals surface area contributed by atoms with Crippen LogP contribution < -0.4 is 10.6 Å². The molecule has 19 heavy (non-hydrogen) atoms. The highest BCUT2D eigenvalue weighted by Gasteiger charge is 2.20. The largest absolute Gasteiger partial charge is 0.356 e. The second-order valence-corrected chi connectivity index (χ2v) is 5.14. The Hall–Kier alpha value is -0.490. The predicted octanol–water partition coefficient (Wildman–Crippen LogP) is 3.08. The van der Waals surface area contributed by atoms with Crippen molar-refractivity contribution in [1.29, 1.82) is 0 Å². The summed E-state index contributed by atoms with van der Waals surface area (Å²) in [6, 6.07) is 7.98. The molecule has 0 aliphatic heterocycles. The van der Waals surface area contributed by atoms with Gasteiger partial charge in [0.25, 0.3) is 0 Å². The van der Waals surface area contributed by atoms with Crippen LogP contribution in [-0.4, -0.2) is 26.1 Å². The average Bonchev–Trinajstić information content (AvgIpc) is 3.20. The lowest BCUT2D eigenvalue weighted by atomic mass is 10.1. The Kier molecular flexibility index (Phi) is 7.53. The third-order valence-electron chi connectivity index (χ3n) is 3.10. The topological polar surface area (TPSA) is 36.4 Å². The van der Waals surface area contributed by atoms with Crippen molar-refractivity contribution in [2.75, 3.05) is 20.1 Å². The van der Waals surface area contributed by atoms with Crippen molar-refractivity contribution < 1.29 is 0 Å². The maximum absolute atomic E-state index is 5.85. The van der Waals surface area contributed by atoms with Crippen molar-refractivity contribution in [2.45, 2.75) is 19.3 Å². The molecule has 0 saturated heterocycles. The number of halogens is 2. The first-order valence-corrected chi connectivity index (χ1v) is 6.84. The fraction of sp³-hybridized carbons (Fsp3) is 0.500. The predicted molar refractivity (Wildman–Crippen MR) is 92.7 cm³/mol. The number of guanidine groups is 1. The first kappa shape index (κ1) is 16.6. The maximum Gasteiger partial charge on any atom is 0.190 e. The van der Waals surface area contributed by atoms with Crippen molar-refractivity contribution in [3.63, 3.8) is 0 Å². The zero-order valence-electron chi connectivity index (χ0n) is 11.2. The molecule has 0 amide bonds. The van der Waals surface area contributed by atoms with E-state index in [9.17, 15) is 0 Å². The van der Waals surface area contributed by atoms with Crippen molar-refractivity contribution in [3.05, 3.63) is 34.9 Å². The number of nitrogens with zero attached hydrogens (tertiary/aromatic N) is 1. The van der Waals surface area contributed by atoms with Crippen LogP contribution in [0.25, 0.3) is 0 Å². The Labute approximate surface area is 137 Å². The van der Waals surface area contributed by atoms with Crippen LogP contribution in [0, 0.1) is 5.92 Å². The third kappa shape index (κ3) is 6.47. The molecule has 5 heteroatoms. The Bertz CT molecular complexity index is 402. The second kappa shape index (κ2) is 8.64. The molecule has 0 bridgehead atoms. The van der Waals surface area contributed by atoms with Crippen LogP contribution in [0.15, 0.2) is 29.3 Å². The van der Waals surface area contributed by atoms with Crippen LogP contribution >= 0.6 is 35.6 Å². The van der Waals surface area contributed by atoms with Gasteiger partial charge in [-0.25, -0.2) is 0 Å². The van der Waals surface area contributed by atoms with Gasteiger partial charge in [0.05, 0.1) is 0 Å². The van der Waals surface area contributed by atoms with Crippen LogP contribution in [0.4, 0.5) is 0 Å². The summed E-state index contributed by atoms with van der Waals surface area (Å²) >= 11 is 5.85. The van der Waals surface area contributed by atoms with Crippen molar-refractivity contribution in [2.24, 2.45) is 10.9 Å². The molecule has 1 aliphatic carbocycles. The zero-order valence-corrected chi connectivity index (χ0v) is 14.2. The first-order valence-electron chi connectivity index (χ1n) is 6.47. The summed E-state index contributed by atoms with van der Waals surface area (Å²) < 4.78 is 0. The summed E-state index contributed by atoms with van der Waals surface area (Å²) in [5, 5.41) is 7.45. The molecule has 1 aromatic carbocycles. The minimum absolute atomic E-state index is 0. The molecule has 0 heterocycles. The van der Waals surface area contributed by atoms with Crippen LogP contribution in [0.1, 0.15) is 18.4 Å². The van der Waals surface area contributed by atoms with Crippen molar-refractivity contribution in [3.8, 4) is 0 Å². The molecule has 1 saturated carbocycles. The zero-order chi connectivity index (χ0) is 12.8. The number of nitrogens with one attached hydrogen (secondary N) is 2. The van der Waals surface area contributed by atoms with E-state index in [0.717, 1.165) is 36.4 Å². The Morgan fingerprint density at radius 1 is 1.26 bits per heavy atom. The van der Waals surface area contributed by atoms with Crippen LogP contribution in [0.5, 0.6) is 0 Å². The Morgan fingerprint density at radius 2 is 1.95 bits per heavy atom. The maximum atomic E-state index is 5.85. The number of hydrogen-bond acceptors (Lipinski definition) is 1. The minimum atomic E-state index is 0. The van der Waals surface area contributed by atoms with Crippen LogP contribution in [0.3, 0.4) is 0 Å². The SMILES string of the molecule is CN=C(NCCc1ccc(Cl)cc1)NCC1CC1.I. The van der Waals surface area contributed by atoms with Gasteiger partial charge in [0, 0.05) is 25.2 Å². The summed E-state index contributed by atoms with van der Waals surface area (Å²) in [4.78, 5) is 4.21. The smallest absolute Gasteiger partial charge is 0.190 e. The first-order chi connectivity index (χ1) is 8.78. The summed E-state index contributed by atoms with van der Waals surface area (Å²) in [5.41, 5.74) is 1.28. The summed E-state index contributed by atoms with van der Waals surface area (Å²) in [6.45, 7) is 1.92. The fourth-order valence-corrected chi connectivity index (χ4v) is 1.89. The monoisotopic (exact) mass is 393 g/mol. The number of rotatable bonds is 5. The molecule has 0 aromatic heterocycles. The lowest BCUT2D eigenvalue weighted by molar-refractivity contribution is 0.734. The van der Waals surface area contributed by atoms with Crippen molar-refractivity contribution in [1.82, 2.24) is 10.6 Å². The summed E-state index contributed by atoms with van der Waals surface area (Å²) in [7, 11) is 1.81. The standard InChI is InChI=1S/C14H20ClN3.HI/c1-16-14(18-10-12-2-3-12)17-9-8-11-4-6-13(15)7-5-11;/h4-7,12H,2-3,8-10H2,1H3,(H2,16,17,18);1H. The van der Waals surface area contributed by atoms with Gasteiger partial charge in [0.1, 0.15) is 0 Å². The Balaban J connectivity index is 0.00000180. The van der Waals surface area contributed by atoms with Gasteiger partial charge in [-0.1, -0.05) is 23.7 Å². The van der Waals surface area contributed by atoms with Gasteiger partial charge in [0.15, 0.2) is 5.96 Å². The van der Waals surface area contributed by atoms with Gasteiger partial charge >= 0.3 is 0 Å². The Morgan fingerprint density at radius 3 is 2.53 bits per heavy atom. The van der Waals surface area contributed by atoms with E-state index in [2.05, 4.69) is 27.8 Å². The van der Waals surface area contributed by atoms with Gasteiger partial charge in [-0.2, -0.15) is 0 Å². The molecular weight excluding hydrogens is 373 g/mol. The molecule has 0 unspecified atom stereocenters. The minimum Gasteiger partial charge on any atom is -0.356 e. The quantitative estimate of drug-likeness (QED) is 0.458. The van der Waals surface area contributed by atoms with Gasteiger partial charge in [-0.15, -0.1) is 24.0 Å². The molecule has 1 aliphatic rings. The molecule has 0 atom stereocenters. The highest BCUT2D eigenvalue weighted by atomic mass is 127. The molecule has 1 aromatic rings. The van der Waals surface area contributed by atoms with E-state index < -0.39 is 0 Å². The number of benzene rings is 1. The van der Waals surface area contributed by atoms with Gasteiger partial charge < -0.3 is 10.6 Å². The average molecular weight is 394 g/mol. The van der Waals surface area contributed by atoms with E-state index in [1.807, 2.05) is 19.2 Å². The molecule has 2 rings (SSSR count). The normalized spacial score (nSPS) is 14.7. The summed E-state index contributed by atoms with van der Waals surface area (Å²) in [6.07, 6.45) is 3.69. The molecule has 2 N–H and O–H groups in total. The lowest BCUT2D eigenvalue weighted by Crippen LogP contribution is -2.39. The number of hydrogen-bond donors (Lipinski definition) is 2. The van der Waals surface area contributed by atoms with Crippen molar-refractivity contribution >= 4 is 41.5 Å². The third-order valence-corrected chi connectivity index (χ3v) is 3.35. The van der Waals surface area contributed by atoms with Gasteiger partial charge in [0.2, 0.25) is 0 Å². The molecule has 1 fully saturated rings. The molecule has 106 valence electrons. The van der Waals surface area contributed by atoms with E-state index in [4.69, 9.17) is 11.6 Å². The highest BCUT2D eigenvalue weighted by molar-refractivity contribution is 14.0. The molecule has 3 nitrogen and oxygen atoms in total. The van der Waals surface area contributed by atoms with E-state index in [1.54, 1.807) is 0 Å². The van der Waals surface area contributed by atoms with Crippen LogP contribution in [0.2, 0.25) is 5.02 Å². The molecule has 0 radical (unpaired) electrons. The van der Waals surface area contributed by atoms with E-state index in [1.165, 1.54) is 18.4 Å². The highest BCUT2D eigenvalue weighted by Crippen LogP contribution is 2.27. The lowest BCUT2D eigenvalue weighted by Gasteiger charge is -2.11. The number of aliphatic imine (C=N–C) groups is 1. The summed E-state index contributed by atoms with van der Waals surface area (Å²) in [5.74, 6) is 1.76.